The molecule has 2 aromatic carbocycles. The minimum Gasteiger partial charge on any atom is -0.493 e. The summed E-state index contributed by atoms with van der Waals surface area (Å²) in [5.41, 5.74) is 1.05. The average Bonchev–Trinajstić information content (AvgIpc) is 3.35. The van der Waals surface area contributed by atoms with E-state index in [2.05, 4.69) is 9.88 Å². The first-order valence-corrected chi connectivity index (χ1v) is 14.6. The predicted molar refractivity (Wildman–Crippen MR) is 147 cm³/mol. The molecule has 0 saturated carbocycles. The fourth-order valence-corrected chi connectivity index (χ4v) is 6.07. The number of carbonyl (C=O) groups is 1. The van der Waals surface area contributed by atoms with Crippen molar-refractivity contribution in [3.63, 3.8) is 0 Å². The molecule has 0 unspecified atom stereocenters. The van der Waals surface area contributed by atoms with Crippen molar-refractivity contribution in [3.8, 4) is 17.2 Å². The van der Waals surface area contributed by atoms with Gasteiger partial charge in [0.25, 0.3) is 5.91 Å². The lowest BCUT2D eigenvalue weighted by molar-refractivity contribution is -0.114. The largest absolute Gasteiger partial charge is 0.493 e. The molecule has 1 aliphatic rings. The summed E-state index contributed by atoms with van der Waals surface area (Å²) >= 11 is 1.29. The van der Waals surface area contributed by atoms with E-state index in [1.165, 1.54) is 44.8 Å². The van der Waals surface area contributed by atoms with Crippen LogP contribution in [0.2, 0.25) is 0 Å². The Morgan fingerprint density at radius 3 is 2.42 bits per heavy atom. The molecule has 0 spiro atoms. The van der Waals surface area contributed by atoms with E-state index in [1.54, 1.807) is 29.2 Å². The van der Waals surface area contributed by atoms with Crippen LogP contribution in [0.15, 0.2) is 41.3 Å². The highest BCUT2D eigenvalue weighted by atomic mass is 32.2. The molecule has 1 amide bonds. The van der Waals surface area contributed by atoms with Crippen molar-refractivity contribution in [2.45, 2.75) is 4.90 Å². The summed E-state index contributed by atoms with van der Waals surface area (Å²) < 4.78 is 47.0. The Hall–Kier alpha value is -3.19. The molecule has 0 bridgehead atoms. The Labute approximate surface area is 226 Å². The number of para-hydroxylation sites is 1. The van der Waals surface area contributed by atoms with Gasteiger partial charge in [0, 0.05) is 38.5 Å². The van der Waals surface area contributed by atoms with Gasteiger partial charge in [-0.1, -0.05) is 17.4 Å². The van der Waals surface area contributed by atoms with Gasteiger partial charge in [0.2, 0.25) is 5.75 Å². The number of methoxy groups -OCH3 is 3. The van der Waals surface area contributed by atoms with Crippen molar-refractivity contribution >= 4 is 48.5 Å². The molecule has 1 saturated heterocycles. The maximum absolute atomic E-state index is 13.5. The van der Waals surface area contributed by atoms with Crippen molar-refractivity contribution in [1.29, 1.82) is 0 Å². The predicted octanol–water partition coefficient (Wildman–Crippen LogP) is 3.10. The van der Waals surface area contributed by atoms with Gasteiger partial charge in [-0.05, 0) is 35.9 Å². The average molecular weight is 562 g/mol. The Kier molecular flexibility index (Phi) is 8.87. The third-order valence-electron chi connectivity index (χ3n) is 6.12. The summed E-state index contributed by atoms with van der Waals surface area (Å²) in [5, 5.41) is 0.434. The molecule has 38 heavy (non-hydrogen) atoms. The second-order valence-electron chi connectivity index (χ2n) is 8.61. The monoisotopic (exact) mass is 561 g/mol. The van der Waals surface area contributed by atoms with Crippen LogP contribution in [0.1, 0.15) is 5.56 Å². The lowest BCUT2D eigenvalue weighted by Crippen LogP contribution is -2.42. The van der Waals surface area contributed by atoms with E-state index in [0.717, 1.165) is 19.3 Å². The van der Waals surface area contributed by atoms with Gasteiger partial charge in [-0.25, -0.2) is 13.4 Å². The lowest BCUT2D eigenvalue weighted by atomic mass is 10.1. The van der Waals surface area contributed by atoms with Gasteiger partial charge in [0.1, 0.15) is 5.52 Å². The van der Waals surface area contributed by atoms with Gasteiger partial charge in [-0.2, -0.15) is 0 Å². The molecule has 3 aromatic rings. The van der Waals surface area contributed by atoms with Gasteiger partial charge in [0.05, 0.1) is 44.1 Å². The minimum absolute atomic E-state index is 0.144. The maximum atomic E-state index is 13.5. The van der Waals surface area contributed by atoms with Crippen molar-refractivity contribution in [2.24, 2.45) is 0 Å². The number of rotatable bonds is 10. The number of hydrogen-bond acceptors (Lipinski definition) is 10. The molecule has 204 valence electrons. The first-order chi connectivity index (χ1) is 18.2. The number of hydrogen-bond donors (Lipinski definition) is 0. The summed E-state index contributed by atoms with van der Waals surface area (Å²) in [6.45, 7) is 3.86. The van der Waals surface area contributed by atoms with Crippen molar-refractivity contribution in [2.75, 3.05) is 71.9 Å². The van der Waals surface area contributed by atoms with Gasteiger partial charge in [-0.3, -0.25) is 14.6 Å². The van der Waals surface area contributed by atoms with Crippen LogP contribution in [0.5, 0.6) is 17.2 Å². The summed E-state index contributed by atoms with van der Waals surface area (Å²) in [5.74, 6) is 1.12. The van der Waals surface area contributed by atoms with Crippen LogP contribution in [0, 0.1) is 0 Å². The molecule has 0 N–H and O–H groups in total. The van der Waals surface area contributed by atoms with Crippen LogP contribution in [-0.4, -0.2) is 91.2 Å². The SMILES string of the molecule is COc1cc(/C=C/C(=O)N(CCN2CCOCC2)c2nc3c(S(C)(=O)=O)cccc3s2)cc(OC)c1OC. The second-order valence-corrected chi connectivity index (χ2v) is 11.6. The van der Waals surface area contributed by atoms with Crippen LogP contribution < -0.4 is 19.1 Å². The number of benzene rings is 2. The number of aromatic nitrogens is 1. The number of amides is 1. The molecule has 12 heteroatoms. The number of ether oxygens (including phenoxy) is 4. The fraction of sp³-hybridized carbons (Fsp3) is 0.385. The molecule has 1 aliphatic heterocycles. The van der Waals surface area contributed by atoms with Gasteiger partial charge in [-0.15, -0.1) is 0 Å². The van der Waals surface area contributed by atoms with E-state index in [0.29, 0.717) is 64.5 Å². The first-order valence-electron chi connectivity index (χ1n) is 11.9. The van der Waals surface area contributed by atoms with E-state index in [4.69, 9.17) is 18.9 Å². The maximum Gasteiger partial charge on any atom is 0.252 e. The van der Waals surface area contributed by atoms with Gasteiger partial charge >= 0.3 is 0 Å². The molecule has 10 nitrogen and oxygen atoms in total. The molecule has 2 heterocycles. The Bertz CT molecular complexity index is 1400. The standard InChI is InChI=1S/C26H31N3O7S2/c1-33-19-16-18(17-20(34-2)25(19)35-3)8-9-23(30)29(11-10-28-12-14-36-15-13-28)26-27-24-21(37-26)6-5-7-22(24)38(4,31)32/h5-9,16-17H,10-15H2,1-4H3/b9-8+. The number of nitrogens with zero attached hydrogens (tertiary/aromatic N) is 3. The normalized spacial score (nSPS) is 14.6. The van der Waals surface area contributed by atoms with Crippen molar-refractivity contribution in [3.05, 3.63) is 42.0 Å². The lowest BCUT2D eigenvalue weighted by Gasteiger charge is -2.28. The summed E-state index contributed by atoms with van der Waals surface area (Å²) in [6.07, 6.45) is 4.29. The van der Waals surface area contributed by atoms with Crippen LogP contribution in [0.4, 0.5) is 5.13 Å². The second kappa shape index (κ2) is 12.1. The zero-order valence-electron chi connectivity index (χ0n) is 21.8. The molecule has 0 radical (unpaired) electrons. The number of morpholine rings is 1. The van der Waals surface area contributed by atoms with E-state index in [1.807, 2.05) is 6.07 Å². The number of anilines is 1. The van der Waals surface area contributed by atoms with Gasteiger partial charge < -0.3 is 18.9 Å². The molecule has 1 fully saturated rings. The third-order valence-corrected chi connectivity index (χ3v) is 8.29. The highest BCUT2D eigenvalue weighted by Crippen LogP contribution is 2.38. The summed E-state index contributed by atoms with van der Waals surface area (Å²) in [4.78, 5) is 22.1. The highest BCUT2D eigenvalue weighted by Gasteiger charge is 2.23. The van der Waals surface area contributed by atoms with Crippen molar-refractivity contribution in [1.82, 2.24) is 9.88 Å². The Balaban J connectivity index is 1.67. The quantitative estimate of drug-likeness (QED) is 0.345. The van der Waals surface area contributed by atoms with Gasteiger partial charge in [0.15, 0.2) is 26.5 Å². The molecule has 1 aromatic heterocycles. The van der Waals surface area contributed by atoms with Crippen LogP contribution in [0.25, 0.3) is 16.3 Å². The highest BCUT2D eigenvalue weighted by molar-refractivity contribution is 7.91. The minimum atomic E-state index is -3.49. The van der Waals surface area contributed by atoms with Crippen molar-refractivity contribution < 1.29 is 32.2 Å². The summed E-state index contributed by atoms with van der Waals surface area (Å²) in [7, 11) is 1.10. The third kappa shape index (κ3) is 6.26. The van der Waals surface area contributed by atoms with Crippen LogP contribution >= 0.6 is 11.3 Å². The zero-order valence-corrected chi connectivity index (χ0v) is 23.4. The molecule has 4 rings (SSSR count). The number of thiazole rings is 1. The summed E-state index contributed by atoms with van der Waals surface area (Å²) in [6, 6.07) is 8.52. The Morgan fingerprint density at radius 1 is 1.13 bits per heavy atom. The smallest absolute Gasteiger partial charge is 0.252 e. The van der Waals surface area contributed by atoms with E-state index in [-0.39, 0.29) is 10.8 Å². The van der Waals surface area contributed by atoms with E-state index < -0.39 is 9.84 Å². The number of carbonyl (C=O) groups excluding carboxylic acids is 1. The van der Waals surface area contributed by atoms with E-state index >= 15 is 0 Å². The number of sulfone groups is 1. The van der Waals surface area contributed by atoms with E-state index in [9.17, 15) is 13.2 Å². The molecule has 0 atom stereocenters. The fourth-order valence-electron chi connectivity index (χ4n) is 4.15. The molecular formula is C26H31N3O7S2. The zero-order chi connectivity index (χ0) is 27.3. The molecular weight excluding hydrogens is 530 g/mol. The molecule has 0 aliphatic carbocycles. The van der Waals surface area contributed by atoms with Crippen LogP contribution in [-0.2, 0) is 19.4 Å². The van der Waals surface area contributed by atoms with Crippen LogP contribution in [0.3, 0.4) is 0 Å². The first kappa shape index (κ1) is 27.8. The Morgan fingerprint density at radius 2 is 1.82 bits per heavy atom. The topological polar surface area (TPSA) is 108 Å². The number of fused-ring (bicyclic) bond motifs is 1.